The van der Waals surface area contributed by atoms with Crippen LogP contribution in [0.2, 0.25) is 0 Å². The van der Waals surface area contributed by atoms with Crippen LogP contribution in [0, 0.1) is 11.8 Å². The van der Waals surface area contributed by atoms with Crippen LogP contribution in [0.3, 0.4) is 0 Å². The Bertz CT molecular complexity index is 2190. The maximum absolute atomic E-state index is 5.10. The van der Waals surface area contributed by atoms with E-state index in [4.69, 9.17) is 29.9 Å². The van der Waals surface area contributed by atoms with Gasteiger partial charge in [0.2, 0.25) is 0 Å². The summed E-state index contributed by atoms with van der Waals surface area (Å²) in [4.78, 5) is 29.7. The first-order valence-electron chi connectivity index (χ1n) is 19.2. The molecule has 2 aliphatic rings. The first-order chi connectivity index (χ1) is 26.3. The summed E-state index contributed by atoms with van der Waals surface area (Å²) in [6.07, 6.45) is 8.95. The second kappa shape index (κ2) is 16.6. The van der Waals surface area contributed by atoms with Gasteiger partial charge in [0.15, 0.2) is 23.3 Å². The van der Waals surface area contributed by atoms with Gasteiger partial charge in [0.05, 0.1) is 0 Å². The quantitative estimate of drug-likeness (QED) is 0.122. The number of aliphatic imine (C=N–C) groups is 3. The third-order valence-electron chi connectivity index (χ3n) is 10.1. The van der Waals surface area contributed by atoms with Crippen molar-refractivity contribution in [2.24, 2.45) is 26.8 Å². The van der Waals surface area contributed by atoms with Gasteiger partial charge in [-0.1, -0.05) is 117 Å². The lowest BCUT2D eigenvalue weighted by Gasteiger charge is -2.34. The number of nitrogens with zero attached hydrogens (tertiary/aromatic N) is 6. The fourth-order valence-corrected chi connectivity index (χ4v) is 7.18. The zero-order valence-electron chi connectivity index (χ0n) is 32.2. The van der Waals surface area contributed by atoms with Crippen LogP contribution in [0.4, 0.5) is 0 Å². The highest BCUT2D eigenvalue weighted by atomic mass is 15.1. The lowest BCUT2D eigenvalue weighted by Crippen LogP contribution is -2.46. The highest BCUT2D eigenvalue weighted by Crippen LogP contribution is 2.36. The summed E-state index contributed by atoms with van der Waals surface area (Å²) in [5, 5.41) is 3.73. The molecular weight excluding hydrogens is 663 g/mol. The minimum atomic E-state index is 0.0721. The summed E-state index contributed by atoms with van der Waals surface area (Å²) in [7, 11) is 0. The second-order valence-electron chi connectivity index (χ2n) is 14.4. The molecule has 7 heteroatoms. The number of amidine groups is 1. The van der Waals surface area contributed by atoms with Crippen molar-refractivity contribution in [2.75, 3.05) is 6.54 Å². The summed E-state index contributed by atoms with van der Waals surface area (Å²) in [6, 6.07) is 35.9. The van der Waals surface area contributed by atoms with Crippen LogP contribution in [0.5, 0.6) is 0 Å². The third kappa shape index (κ3) is 8.42. The highest BCUT2D eigenvalue weighted by Gasteiger charge is 2.29. The molecule has 0 fully saturated rings. The van der Waals surface area contributed by atoms with Crippen LogP contribution in [0.15, 0.2) is 136 Å². The zero-order chi connectivity index (χ0) is 37.6. The largest absolute Gasteiger partial charge is 0.292 e. The molecule has 4 aromatic carbocycles. The van der Waals surface area contributed by atoms with Crippen molar-refractivity contribution in [2.45, 2.75) is 66.6 Å². The molecule has 1 aliphatic carbocycles. The van der Waals surface area contributed by atoms with Gasteiger partial charge < -0.3 is 0 Å². The molecule has 1 aliphatic heterocycles. The predicted octanol–water partition coefficient (Wildman–Crippen LogP) is 10.6. The van der Waals surface area contributed by atoms with Crippen LogP contribution >= 0.6 is 0 Å². The number of hydrogen-bond donors (Lipinski definition) is 1. The van der Waals surface area contributed by atoms with E-state index >= 15 is 0 Å². The first kappa shape index (κ1) is 36.7. The van der Waals surface area contributed by atoms with Crippen molar-refractivity contribution >= 4 is 22.8 Å². The van der Waals surface area contributed by atoms with Gasteiger partial charge in [-0.05, 0) is 80.5 Å². The molecule has 5 aromatic rings. The van der Waals surface area contributed by atoms with Crippen LogP contribution in [0.1, 0.15) is 65.5 Å². The first-order valence-corrected chi connectivity index (χ1v) is 19.2. The van der Waals surface area contributed by atoms with Crippen molar-refractivity contribution in [3.05, 3.63) is 132 Å². The van der Waals surface area contributed by atoms with Gasteiger partial charge in [-0.25, -0.2) is 19.9 Å². The van der Waals surface area contributed by atoms with E-state index < -0.39 is 0 Å². The number of aromatic nitrogens is 3. The predicted molar refractivity (Wildman–Crippen MR) is 226 cm³/mol. The van der Waals surface area contributed by atoms with Gasteiger partial charge in [0.25, 0.3) is 0 Å². The van der Waals surface area contributed by atoms with Crippen molar-refractivity contribution < 1.29 is 0 Å². The Morgan fingerprint density at radius 2 is 1.31 bits per heavy atom. The summed E-state index contributed by atoms with van der Waals surface area (Å²) in [6.45, 7) is 13.6. The van der Waals surface area contributed by atoms with Gasteiger partial charge in [0, 0.05) is 58.6 Å². The molecule has 0 saturated carbocycles. The fourth-order valence-electron chi connectivity index (χ4n) is 7.18. The van der Waals surface area contributed by atoms with E-state index in [0.717, 1.165) is 63.3 Å². The number of rotatable bonds is 9. The molecular formula is C47H49N7. The highest BCUT2D eigenvalue weighted by molar-refractivity contribution is 6.06. The van der Waals surface area contributed by atoms with Crippen LogP contribution < -0.4 is 5.32 Å². The monoisotopic (exact) mass is 711 g/mol. The number of hydrogen-bond acceptors (Lipinski definition) is 6. The Labute approximate surface area is 319 Å². The molecule has 0 bridgehead atoms. The molecule has 7 nitrogen and oxygen atoms in total. The number of allylic oxidation sites excluding steroid dienone is 3. The zero-order valence-corrected chi connectivity index (χ0v) is 32.2. The van der Waals surface area contributed by atoms with E-state index in [1.165, 1.54) is 11.3 Å². The molecule has 54 heavy (non-hydrogen) atoms. The molecule has 3 unspecified atom stereocenters. The van der Waals surface area contributed by atoms with E-state index in [-0.39, 0.29) is 18.0 Å². The van der Waals surface area contributed by atoms with Gasteiger partial charge >= 0.3 is 0 Å². The van der Waals surface area contributed by atoms with Crippen LogP contribution in [-0.2, 0) is 0 Å². The summed E-state index contributed by atoms with van der Waals surface area (Å²) in [5.74, 6) is 3.23. The molecule has 4 atom stereocenters. The molecule has 2 heterocycles. The second-order valence-corrected chi connectivity index (χ2v) is 14.4. The van der Waals surface area contributed by atoms with Gasteiger partial charge in [-0.2, -0.15) is 0 Å². The maximum Gasteiger partial charge on any atom is 0.164 e. The van der Waals surface area contributed by atoms with Crippen molar-refractivity contribution in [1.29, 1.82) is 0 Å². The normalized spacial score (nSPS) is 20.4. The fraction of sp³-hybridized carbons (Fsp3) is 0.277. The van der Waals surface area contributed by atoms with E-state index in [9.17, 15) is 0 Å². The lowest BCUT2D eigenvalue weighted by molar-refractivity contribution is 0.323. The SMILES string of the molecule is CC/N=C(\N=C(\C)CC)c1ccc(-c2cc(C3=C[C@@H](C)C(C4N=C(C)CC(C)N4)C=C3)cc(-c3nc(-c4ccccc4)nc(-c4ccccc4)n3)c2)cc1. The van der Waals surface area contributed by atoms with Gasteiger partial charge in [-0.15, -0.1) is 0 Å². The molecule has 0 saturated heterocycles. The van der Waals surface area contributed by atoms with Crippen LogP contribution in [0.25, 0.3) is 50.9 Å². The Kier molecular flexibility index (Phi) is 11.3. The van der Waals surface area contributed by atoms with E-state index in [0.29, 0.717) is 30.1 Å². The maximum atomic E-state index is 5.10. The summed E-state index contributed by atoms with van der Waals surface area (Å²) < 4.78 is 0. The Morgan fingerprint density at radius 1 is 0.722 bits per heavy atom. The molecule has 0 spiro atoms. The van der Waals surface area contributed by atoms with Crippen molar-refractivity contribution in [3.8, 4) is 45.3 Å². The van der Waals surface area contributed by atoms with Gasteiger partial charge in [0.1, 0.15) is 6.17 Å². The van der Waals surface area contributed by atoms with E-state index in [1.807, 2.05) is 67.6 Å². The molecule has 0 amide bonds. The molecule has 272 valence electrons. The summed E-state index contributed by atoms with van der Waals surface area (Å²) >= 11 is 0. The summed E-state index contributed by atoms with van der Waals surface area (Å²) in [5.41, 5.74) is 10.5. The Hall–Kier alpha value is -5.66. The minimum absolute atomic E-state index is 0.0721. The van der Waals surface area contributed by atoms with Crippen LogP contribution in [-0.4, -0.2) is 51.0 Å². The average molecular weight is 712 g/mol. The number of nitrogens with one attached hydrogen (secondary N) is 1. The molecule has 0 radical (unpaired) electrons. The van der Waals surface area contributed by atoms with E-state index in [1.54, 1.807) is 0 Å². The lowest BCUT2D eigenvalue weighted by atomic mass is 9.82. The Balaban J connectivity index is 1.35. The molecule has 7 rings (SSSR count). The average Bonchev–Trinajstić information content (AvgIpc) is 3.20. The minimum Gasteiger partial charge on any atom is -0.292 e. The third-order valence-corrected chi connectivity index (χ3v) is 10.1. The smallest absolute Gasteiger partial charge is 0.164 e. The molecule has 1 N–H and O–H groups in total. The van der Waals surface area contributed by atoms with Crippen molar-refractivity contribution in [3.63, 3.8) is 0 Å². The number of benzene rings is 4. The molecule has 1 aromatic heterocycles. The standard InChI is InChI=1S/C47H49N7/c1-7-31(4)49-43(48-8-2)37-21-19-34(20-22-37)39-27-40(38-23-24-42(30(3)25-38)47-50-32(5)26-33(6)51-47)29-41(28-39)46-53-44(35-15-11-9-12-16-35)52-45(54-46)36-17-13-10-14-18-36/h9-25,27-30,32,42,47,50H,7-8,26H2,1-6H3/b48-43-,49-31-/t30-,32?,42?,47?/m1/s1. The van der Waals surface area contributed by atoms with Crippen molar-refractivity contribution in [1.82, 2.24) is 20.3 Å². The Morgan fingerprint density at radius 3 is 1.89 bits per heavy atom. The van der Waals surface area contributed by atoms with E-state index in [2.05, 4.69) is 101 Å². The topological polar surface area (TPSA) is 87.8 Å². The van der Waals surface area contributed by atoms with Gasteiger partial charge in [-0.3, -0.25) is 15.3 Å².